The van der Waals surface area contributed by atoms with Gasteiger partial charge in [0, 0.05) is 19.7 Å². The molecule has 7 nitrogen and oxygen atoms in total. The molecule has 1 aliphatic rings. The fourth-order valence-electron chi connectivity index (χ4n) is 2.09. The number of hydrogen-bond donors (Lipinski definition) is 1. The molecule has 0 amide bonds. The van der Waals surface area contributed by atoms with E-state index < -0.39 is 5.97 Å². The van der Waals surface area contributed by atoms with Gasteiger partial charge in [-0.1, -0.05) is 0 Å². The second-order valence-electron chi connectivity index (χ2n) is 4.49. The lowest BCUT2D eigenvalue weighted by Crippen LogP contribution is -2.25. The van der Waals surface area contributed by atoms with E-state index in [1.165, 1.54) is 12.4 Å². The van der Waals surface area contributed by atoms with Crippen LogP contribution in [0.3, 0.4) is 0 Å². The molecular weight excluding hydrogens is 262 g/mol. The van der Waals surface area contributed by atoms with E-state index >= 15 is 0 Å². The van der Waals surface area contributed by atoms with Crippen molar-refractivity contribution in [3.05, 3.63) is 18.1 Å². The summed E-state index contributed by atoms with van der Waals surface area (Å²) in [4.78, 5) is 20.8. The first-order valence-electron chi connectivity index (χ1n) is 6.70. The minimum atomic E-state index is -1.07. The minimum Gasteiger partial charge on any atom is -0.476 e. The highest BCUT2D eigenvalue weighted by molar-refractivity contribution is 5.84. The summed E-state index contributed by atoms with van der Waals surface area (Å²) in [5, 5.41) is 8.78. The third-order valence-electron chi connectivity index (χ3n) is 3.11. The number of hydrogen-bond acceptors (Lipinski definition) is 6. The van der Waals surface area contributed by atoms with Crippen LogP contribution >= 0.6 is 0 Å². The van der Waals surface area contributed by atoms with Crippen LogP contribution in [0, 0.1) is 0 Å². The lowest BCUT2D eigenvalue weighted by atomic mass is 10.3. The van der Waals surface area contributed by atoms with Gasteiger partial charge in [-0.15, -0.1) is 0 Å². The SMILES string of the molecule is CCOCCO[C@H]1CCN(c2cnc(C(=O)O)cn2)C1. The van der Waals surface area contributed by atoms with E-state index in [9.17, 15) is 4.79 Å². The Balaban J connectivity index is 1.81. The summed E-state index contributed by atoms with van der Waals surface area (Å²) in [7, 11) is 0. The minimum absolute atomic E-state index is 0.0440. The maximum atomic E-state index is 10.7. The Labute approximate surface area is 117 Å². The Bertz CT molecular complexity index is 438. The zero-order valence-corrected chi connectivity index (χ0v) is 11.5. The van der Waals surface area contributed by atoms with E-state index in [1.807, 2.05) is 11.8 Å². The Kier molecular flexibility index (Phi) is 5.25. The molecule has 1 fully saturated rings. The monoisotopic (exact) mass is 281 g/mol. The number of carboxylic acid groups (broad SMARTS) is 1. The molecule has 0 unspecified atom stereocenters. The molecule has 0 aliphatic carbocycles. The van der Waals surface area contributed by atoms with Gasteiger partial charge in [0.05, 0.1) is 31.7 Å². The number of aromatic nitrogens is 2. The van der Waals surface area contributed by atoms with Gasteiger partial charge in [-0.2, -0.15) is 0 Å². The zero-order chi connectivity index (χ0) is 14.4. The van der Waals surface area contributed by atoms with Crippen molar-refractivity contribution in [1.82, 2.24) is 9.97 Å². The third kappa shape index (κ3) is 3.88. The van der Waals surface area contributed by atoms with Gasteiger partial charge in [-0.3, -0.25) is 0 Å². The Morgan fingerprint density at radius 3 is 2.95 bits per heavy atom. The van der Waals surface area contributed by atoms with Gasteiger partial charge in [-0.05, 0) is 13.3 Å². The number of nitrogens with zero attached hydrogens (tertiary/aromatic N) is 3. The summed E-state index contributed by atoms with van der Waals surface area (Å²) in [6.07, 6.45) is 3.86. The van der Waals surface area contributed by atoms with Crippen molar-refractivity contribution in [2.75, 3.05) is 37.8 Å². The second kappa shape index (κ2) is 7.16. The van der Waals surface area contributed by atoms with Crippen molar-refractivity contribution in [1.29, 1.82) is 0 Å². The average molecular weight is 281 g/mol. The fourth-order valence-corrected chi connectivity index (χ4v) is 2.09. The molecule has 0 aromatic carbocycles. The summed E-state index contributed by atoms with van der Waals surface area (Å²) >= 11 is 0. The van der Waals surface area contributed by atoms with Crippen LogP contribution in [-0.4, -0.2) is 60.1 Å². The van der Waals surface area contributed by atoms with Crippen LogP contribution in [0.25, 0.3) is 0 Å². The topological polar surface area (TPSA) is 84.8 Å². The van der Waals surface area contributed by atoms with E-state index in [2.05, 4.69) is 9.97 Å². The van der Waals surface area contributed by atoms with Crippen LogP contribution in [0.15, 0.2) is 12.4 Å². The number of anilines is 1. The van der Waals surface area contributed by atoms with Gasteiger partial charge in [-0.25, -0.2) is 14.8 Å². The van der Waals surface area contributed by atoms with E-state index in [4.69, 9.17) is 14.6 Å². The van der Waals surface area contributed by atoms with E-state index in [0.29, 0.717) is 25.6 Å². The normalized spacial score (nSPS) is 18.4. The largest absolute Gasteiger partial charge is 0.476 e. The first-order valence-corrected chi connectivity index (χ1v) is 6.70. The molecule has 1 aromatic rings. The van der Waals surface area contributed by atoms with Crippen LogP contribution in [0.1, 0.15) is 23.8 Å². The molecule has 1 aromatic heterocycles. The van der Waals surface area contributed by atoms with Crippen LogP contribution in [0.2, 0.25) is 0 Å². The maximum Gasteiger partial charge on any atom is 0.356 e. The molecule has 7 heteroatoms. The predicted octanol–water partition coefficient (Wildman–Crippen LogP) is 0.807. The van der Waals surface area contributed by atoms with E-state index in [0.717, 1.165) is 19.5 Å². The molecule has 1 N–H and O–H groups in total. The highest BCUT2D eigenvalue weighted by atomic mass is 16.5. The molecule has 20 heavy (non-hydrogen) atoms. The average Bonchev–Trinajstić information content (AvgIpc) is 2.92. The first-order chi connectivity index (χ1) is 9.70. The molecular formula is C13H19N3O4. The third-order valence-corrected chi connectivity index (χ3v) is 3.11. The molecule has 1 saturated heterocycles. The molecule has 1 aliphatic heterocycles. The van der Waals surface area contributed by atoms with E-state index in [1.54, 1.807) is 0 Å². The highest BCUT2D eigenvalue weighted by Gasteiger charge is 2.24. The summed E-state index contributed by atoms with van der Waals surface area (Å²) in [5.74, 6) is -0.381. The Morgan fingerprint density at radius 2 is 2.30 bits per heavy atom. The Morgan fingerprint density at radius 1 is 1.45 bits per heavy atom. The second-order valence-corrected chi connectivity index (χ2v) is 4.49. The number of ether oxygens (including phenoxy) is 2. The van der Waals surface area contributed by atoms with Crippen molar-refractivity contribution in [2.45, 2.75) is 19.4 Å². The summed E-state index contributed by atoms with van der Waals surface area (Å²) in [6, 6.07) is 0. The number of aromatic carboxylic acids is 1. The van der Waals surface area contributed by atoms with Crippen molar-refractivity contribution < 1.29 is 19.4 Å². The zero-order valence-electron chi connectivity index (χ0n) is 11.5. The molecule has 2 rings (SSSR count). The first kappa shape index (κ1) is 14.7. The quantitative estimate of drug-likeness (QED) is 0.740. The lowest BCUT2D eigenvalue weighted by molar-refractivity contribution is 0.0169. The number of rotatable bonds is 7. The molecule has 0 saturated carbocycles. The summed E-state index contributed by atoms with van der Waals surface area (Å²) in [5.41, 5.74) is -0.0440. The van der Waals surface area contributed by atoms with Gasteiger partial charge < -0.3 is 19.5 Å². The molecule has 0 radical (unpaired) electrons. The Hall–Kier alpha value is -1.73. The molecule has 2 heterocycles. The van der Waals surface area contributed by atoms with Crippen molar-refractivity contribution >= 4 is 11.8 Å². The van der Waals surface area contributed by atoms with Gasteiger partial charge in [0.15, 0.2) is 5.69 Å². The van der Waals surface area contributed by atoms with Crippen LogP contribution in [-0.2, 0) is 9.47 Å². The fraction of sp³-hybridized carbons (Fsp3) is 0.615. The molecule has 110 valence electrons. The standard InChI is InChI=1S/C13H19N3O4/c1-2-19-5-6-20-10-3-4-16(9-10)12-8-14-11(7-15-12)13(17)18/h7-8,10H,2-6,9H2,1H3,(H,17,18)/t10-/m0/s1. The molecule has 0 spiro atoms. The number of carbonyl (C=O) groups is 1. The van der Waals surface area contributed by atoms with Gasteiger partial charge in [0.2, 0.25) is 0 Å². The highest BCUT2D eigenvalue weighted by Crippen LogP contribution is 2.19. The van der Waals surface area contributed by atoms with E-state index in [-0.39, 0.29) is 11.8 Å². The van der Waals surface area contributed by atoms with Crippen molar-refractivity contribution in [3.63, 3.8) is 0 Å². The molecule has 0 bridgehead atoms. The predicted molar refractivity (Wildman–Crippen MR) is 72.1 cm³/mol. The maximum absolute atomic E-state index is 10.7. The van der Waals surface area contributed by atoms with Gasteiger partial charge in [0.25, 0.3) is 0 Å². The smallest absolute Gasteiger partial charge is 0.356 e. The number of carboxylic acids is 1. The van der Waals surface area contributed by atoms with Crippen molar-refractivity contribution in [2.24, 2.45) is 0 Å². The van der Waals surface area contributed by atoms with Gasteiger partial charge in [0.1, 0.15) is 5.82 Å². The van der Waals surface area contributed by atoms with Crippen LogP contribution in [0.5, 0.6) is 0 Å². The van der Waals surface area contributed by atoms with Gasteiger partial charge >= 0.3 is 5.97 Å². The van der Waals surface area contributed by atoms with Crippen LogP contribution in [0.4, 0.5) is 5.82 Å². The summed E-state index contributed by atoms with van der Waals surface area (Å²) < 4.78 is 10.9. The van der Waals surface area contributed by atoms with Crippen LogP contribution < -0.4 is 4.90 Å². The molecule has 1 atom stereocenters. The lowest BCUT2D eigenvalue weighted by Gasteiger charge is -2.17. The summed E-state index contributed by atoms with van der Waals surface area (Å²) in [6.45, 7) is 5.44. The van der Waals surface area contributed by atoms with Crippen molar-refractivity contribution in [3.8, 4) is 0 Å².